The van der Waals surface area contributed by atoms with E-state index in [4.69, 9.17) is 4.74 Å². The van der Waals surface area contributed by atoms with Crippen molar-refractivity contribution in [1.82, 2.24) is 0 Å². The highest BCUT2D eigenvalue weighted by atomic mass is 32.1. The minimum Gasteiger partial charge on any atom is -0.512 e. The maximum absolute atomic E-state index is 12.3. The van der Waals surface area contributed by atoms with Gasteiger partial charge in [0.1, 0.15) is 10.8 Å². The number of nitrogens with zero attached hydrogens (tertiary/aromatic N) is 1. The van der Waals surface area contributed by atoms with E-state index in [0.29, 0.717) is 42.4 Å². The van der Waals surface area contributed by atoms with E-state index in [2.05, 4.69) is 18.8 Å². The highest BCUT2D eigenvalue weighted by Gasteiger charge is 2.22. The van der Waals surface area contributed by atoms with E-state index >= 15 is 0 Å². The van der Waals surface area contributed by atoms with Crippen molar-refractivity contribution in [3.05, 3.63) is 27.8 Å². The van der Waals surface area contributed by atoms with Crippen molar-refractivity contribution >= 4 is 34.3 Å². The minimum absolute atomic E-state index is 0.0756. The predicted molar refractivity (Wildman–Crippen MR) is 95.5 cm³/mol. The number of hydrogen-bond donors (Lipinski definition) is 1. The Labute approximate surface area is 146 Å². The molecule has 0 atom stereocenters. The van der Waals surface area contributed by atoms with Crippen molar-refractivity contribution < 1.29 is 19.4 Å². The van der Waals surface area contributed by atoms with E-state index in [1.807, 2.05) is 5.38 Å². The Kier molecular flexibility index (Phi) is 6.31. The van der Waals surface area contributed by atoms with Crippen LogP contribution in [0.4, 0.5) is 5.00 Å². The summed E-state index contributed by atoms with van der Waals surface area (Å²) in [6.45, 7) is 6.22. The molecule has 0 saturated carbocycles. The summed E-state index contributed by atoms with van der Waals surface area (Å²) >= 11 is 1.35. The molecule has 0 radical (unpaired) electrons. The number of aliphatic hydroxyl groups is 1. The number of carbonyl (C=O) groups excluding carboxylic acids is 2. The molecule has 1 aromatic rings. The van der Waals surface area contributed by atoms with Crippen molar-refractivity contribution in [3.8, 4) is 0 Å². The fourth-order valence-corrected chi connectivity index (χ4v) is 3.52. The first-order chi connectivity index (χ1) is 11.4. The van der Waals surface area contributed by atoms with Gasteiger partial charge in [0.25, 0.3) is 0 Å². The zero-order valence-corrected chi connectivity index (χ0v) is 15.1. The number of hydrogen-bond acceptors (Lipinski definition) is 6. The average Bonchev–Trinajstić information content (AvgIpc) is 2.89. The molecule has 24 heavy (non-hydrogen) atoms. The van der Waals surface area contributed by atoms with E-state index in [1.165, 1.54) is 17.6 Å². The lowest BCUT2D eigenvalue weighted by atomic mass is 9.97. The Morgan fingerprint density at radius 2 is 2.21 bits per heavy atom. The molecule has 130 valence electrons. The first-order valence-electron chi connectivity index (χ1n) is 8.20. The van der Waals surface area contributed by atoms with Crippen molar-refractivity contribution in [2.24, 2.45) is 10.9 Å². The Balaban J connectivity index is 2.35. The second kappa shape index (κ2) is 8.24. The van der Waals surface area contributed by atoms with E-state index in [0.717, 1.165) is 12.0 Å². The number of allylic oxidation sites excluding steroid dienone is 2. The second-order valence-corrected chi connectivity index (χ2v) is 7.01. The van der Waals surface area contributed by atoms with Crippen LogP contribution in [0.5, 0.6) is 0 Å². The molecule has 1 aromatic heterocycles. The number of Topliss-reactive ketones (excluding diaryl/α,β-unsaturated/α-hetero) is 1. The van der Waals surface area contributed by atoms with Gasteiger partial charge < -0.3 is 9.84 Å². The molecule has 0 aromatic carbocycles. The summed E-state index contributed by atoms with van der Waals surface area (Å²) in [6.07, 6.45) is 3.70. The second-order valence-electron chi connectivity index (χ2n) is 6.15. The van der Waals surface area contributed by atoms with Crippen LogP contribution in [0.1, 0.15) is 56.0 Å². The molecular weight excluding hydrogens is 326 g/mol. The molecule has 0 amide bonds. The zero-order valence-electron chi connectivity index (χ0n) is 14.3. The van der Waals surface area contributed by atoms with Crippen LogP contribution in [0.25, 0.3) is 0 Å². The third-order valence-corrected chi connectivity index (χ3v) is 4.63. The molecular formula is C18H23NO4S. The molecule has 0 saturated heterocycles. The van der Waals surface area contributed by atoms with Gasteiger partial charge in [0.05, 0.1) is 17.7 Å². The van der Waals surface area contributed by atoms with Gasteiger partial charge in [-0.1, -0.05) is 13.8 Å². The molecule has 1 heterocycles. The van der Waals surface area contributed by atoms with Crippen molar-refractivity contribution in [2.75, 3.05) is 6.61 Å². The Hall–Kier alpha value is -1.95. The molecule has 5 nitrogen and oxygen atoms in total. The SMILES string of the molecule is CCOC(=O)c1c(CC(C)C)csc1N=CC1=C(O)CCCC1=O. The van der Waals surface area contributed by atoms with Gasteiger partial charge in [-0.2, -0.15) is 0 Å². The molecule has 0 aliphatic heterocycles. The Morgan fingerprint density at radius 3 is 2.83 bits per heavy atom. The first kappa shape index (κ1) is 18.4. The van der Waals surface area contributed by atoms with Gasteiger partial charge in [-0.05, 0) is 36.6 Å². The van der Waals surface area contributed by atoms with Gasteiger partial charge in [0.15, 0.2) is 5.78 Å². The first-order valence-corrected chi connectivity index (χ1v) is 9.08. The van der Waals surface area contributed by atoms with Gasteiger partial charge in [0.2, 0.25) is 0 Å². The van der Waals surface area contributed by atoms with Gasteiger partial charge in [-0.3, -0.25) is 4.79 Å². The topological polar surface area (TPSA) is 76.0 Å². The third-order valence-electron chi connectivity index (χ3n) is 3.70. The fourth-order valence-electron chi connectivity index (χ4n) is 2.61. The molecule has 1 aliphatic carbocycles. The van der Waals surface area contributed by atoms with Crippen molar-refractivity contribution in [3.63, 3.8) is 0 Å². The standard InChI is InChI=1S/C18H23NO4S/c1-4-23-18(22)16-12(8-11(2)3)10-24-17(16)19-9-13-14(20)6-5-7-15(13)21/h9-11,20H,4-8H2,1-3H3. The lowest BCUT2D eigenvalue weighted by molar-refractivity contribution is -0.115. The third kappa shape index (κ3) is 4.32. The van der Waals surface area contributed by atoms with Crippen LogP contribution < -0.4 is 0 Å². The zero-order chi connectivity index (χ0) is 17.7. The summed E-state index contributed by atoms with van der Waals surface area (Å²) in [5.74, 6) is -0.0307. The largest absolute Gasteiger partial charge is 0.512 e. The number of aliphatic imine (C=N–C) groups is 1. The van der Waals surface area contributed by atoms with E-state index in [1.54, 1.807) is 6.92 Å². The number of aliphatic hydroxyl groups excluding tert-OH is 1. The molecule has 0 unspecified atom stereocenters. The summed E-state index contributed by atoms with van der Waals surface area (Å²) in [4.78, 5) is 28.5. The summed E-state index contributed by atoms with van der Waals surface area (Å²) in [7, 11) is 0. The number of carbonyl (C=O) groups is 2. The predicted octanol–water partition coefficient (Wildman–Crippen LogP) is 4.39. The monoisotopic (exact) mass is 349 g/mol. The molecule has 1 aliphatic rings. The number of ketones is 1. The molecule has 0 bridgehead atoms. The van der Waals surface area contributed by atoms with Crippen LogP contribution in [0.2, 0.25) is 0 Å². The van der Waals surface area contributed by atoms with Gasteiger partial charge in [-0.25, -0.2) is 9.79 Å². The van der Waals surface area contributed by atoms with Crippen LogP contribution in [0, 0.1) is 5.92 Å². The normalized spacial score (nSPS) is 15.6. The highest BCUT2D eigenvalue weighted by Crippen LogP contribution is 2.33. The Bertz CT molecular complexity index is 685. The van der Waals surface area contributed by atoms with Crippen molar-refractivity contribution in [1.29, 1.82) is 0 Å². The van der Waals surface area contributed by atoms with Crippen LogP contribution >= 0.6 is 11.3 Å². The summed E-state index contributed by atoms with van der Waals surface area (Å²) < 4.78 is 5.15. The maximum Gasteiger partial charge on any atom is 0.341 e. The average molecular weight is 349 g/mol. The quantitative estimate of drug-likeness (QED) is 0.610. The van der Waals surface area contributed by atoms with Crippen LogP contribution in [-0.4, -0.2) is 29.7 Å². The smallest absolute Gasteiger partial charge is 0.341 e. The number of rotatable bonds is 6. The van der Waals surface area contributed by atoms with Gasteiger partial charge >= 0.3 is 5.97 Å². The molecule has 0 spiro atoms. The molecule has 1 N–H and O–H groups in total. The van der Waals surface area contributed by atoms with Crippen LogP contribution in [0.3, 0.4) is 0 Å². The summed E-state index contributed by atoms with van der Waals surface area (Å²) in [5, 5.41) is 12.3. The lowest BCUT2D eigenvalue weighted by Gasteiger charge is -2.11. The molecule has 6 heteroatoms. The van der Waals surface area contributed by atoms with Crippen LogP contribution in [0.15, 0.2) is 21.7 Å². The Morgan fingerprint density at radius 1 is 1.46 bits per heavy atom. The van der Waals surface area contributed by atoms with E-state index < -0.39 is 5.97 Å². The minimum atomic E-state index is -0.394. The van der Waals surface area contributed by atoms with Crippen molar-refractivity contribution in [2.45, 2.75) is 46.5 Å². The van der Waals surface area contributed by atoms with Crippen LogP contribution in [-0.2, 0) is 16.0 Å². The van der Waals surface area contributed by atoms with Gasteiger partial charge in [0, 0.05) is 19.1 Å². The maximum atomic E-state index is 12.3. The highest BCUT2D eigenvalue weighted by molar-refractivity contribution is 7.14. The molecule has 0 fully saturated rings. The van der Waals surface area contributed by atoms with E-state index in [-0.39, 0.29) is 17.1 Å². The lowest BCUT2D eigenvalue weighted by Crippen LogP contribution is -2.12. The summed E-state index contributed by atoms with van der Waals surface area (Å²) in [5.41, 5.74) is 1.62. The molecule has 2 rings (SSSR count). The summed E-state index contributed by atoms with van der Waals surface area (Å²) in [6, 6.07) is 0. The fraction of sp³-hybridized carbons (Fsp3) is 0.500. The number of ether oxygens (including phenoxy) is 1. The van der Waals surface area contributed by atoms with Gasteiger partial charge in [-0.15, -0.1) is 11.3 Å². The number of thiophene rings is 1. The number of esters is 1. The van der Waals surface area contributed by atoms with E-state index in [9.17, 15) is 14.7 Å².